The van der Waals surface area contributed by atoms with E-state index in [-0.39, 0.29) is 11.3 Å². The Bertz CT molecular complexity index is 807. The molecule has 4 nitrogen and oxygen atoms in total. The topological polar surface area (TPSA) is 66.8 Å². The summed E-state index contributed by atoms with van der Waals surface area (Å²) in [6.07, 6.45) is 13.8. The predicted octanol–water partition coefficient (Wildman–Crippen LogP) is 6.65. The average molecular weight is 538 g/mol. The second-order valence-electron chi connectivity index (χ2n) is 11.9. The molecule has 3 aliphatic rings. The third-order valence-corrected chi connectivity index (χ3v) is 9.25. The predicted molar refractivity (Wildman–Crippen MR) is 142 cm³/mol. The Morgan fingerprint density at radius 2 is 2.09 bits per heavy atom. The van der Waals surface area contributed by atoms with E-state index in [2.05, 4.69) is 48.5 Å². The van der Waals surface area contributed by atoms with Gasteiger partial charge < -0.3 is 14.9 Å². The zero-order valence-corrected chi connectivity index (χ0v) is 23.2. The number of allylic oxidation sites excluding steroid dienone is 3. The molecule has 0 heterocycles. The lowest BCUT2D eigenvalue weighted by molar-refractivity contribution is -0.145. The van der Waals surface area contributed by atoms with Crippen LogP contribution in [0.3, 0.4) is 0 Å². The highest BCUT2D eigenvalue weighted by Crippen LogP contribution is 2.60. The molecule has 2 N–H and O–H groups in total. The summed E-state index contributed by atoms with van der Waals surface area (Å²) in [5.74, 6) is 1.70. The summed E-state index contributed by atoms with van der Waals surface area (Å²) in [6, 6.07) is 0. The summed E-state index contributed by atoms with van der Waals surface area (Å²) in [4.78, 5) is 11.8. The number of hydrogen-bond donors (Lipinski definition) is 2. The SMILES string of the molecule is C=C1/C(=C\C=C2/CCC[C@]3(C)[C@@H]([C@H](C)CCCC(C)(C)O)CC[C@@H]23)C[C@@H](O)C[C@@H]1OC(=O)CBr. The van der Waals surface area contributed by atoms with Gasteiger partial charge in [-0.2, -0.15) is 0 Å². The van der Waals surface area contributed by atoms with Crippen molar-refractivity contribution >= 4 is 21.9 Å². The first kappa shape index (κ1) is 27.7. The number of fused-ring (bicyclic) bond motifs is 1. The van der Waals surface area contributed by atoms with Crippen LogP contribution < -0.4 is 0 Å². The minimum Gasteiger partial charge on any atom is -0.457 e. The van der Waals surface area contributed by atoms with Gasteiger partial charge in [0.25, 0.3) is 0 Å². The number of halogens is 1. The summed E-state index contributed by atoms with van der Waals surface area (Å²) in [7, 11) is 0. The second kappa shape index (κ2) is 11.4. The van der Waals surface area contributed by atoms with Gasteiger partial charge in [0, 0.05) is 6.42 Å². The molecule has 0 aromatic rings. The molecule has 0 aromatic heterocycles. The van der Waals surface area contributed by atoms with Crippen molar-refractivity contribution in [3.8, 4) is 0 Å². The van der Waals surface area contributed by atoms with Crippen LogP contribution in [0.4, 0.5) is 0 Å². The fraction of sp³-hybridized carbons (Fsp3) is 0.759. The van der Waals surface area contributed by atoms with Crippen LogP contribution in [-0.2, 0) is 9.53 Å². The van der Waals surface area contributed by atoms with Crippen LogP contribution in [0.5, 0.6) is 0 Å². The van der Waals surface area contributed by atoms with Gasteiger partial charge in [0.05, 0.1) is 11.7 Å². The van der Waals surface area contributed by atoms with Gasteiger partial charge in [-0.15, -0.1) is 0 Å². The lowest BCUT2D eigenvalue weighted by Crippen LogP contribution is -2.36. The van der Waals surface area contributed by atoms with Crippen molar-refractivity contribution in [1.82, 2.24) is 0 Å². The molecule has 3 fully saturated rings. The van der Waals surface area contributed by atoms with Crippen LogP contribution >= 0.6 is 15.9 Å². The first-order valence-corrected chi connectivity index (χ1v) is 14.3. The Balaban J connectivity index is 1.71. The van der Waals surface area contributed by atoms with Crippen LogP contribution in [0.25, 0.3) is 0 Å². The standard InChI is InChI=1S/C29H45BrO4/c1-19(8-6-14-28(3,4)33)24-12-13-25-21(9-7-15-29(24,25)5)10-11-22-16-23(31)17-26(20(22)2)34-27(32)18-30/h10-11,19,23-26,31,33H,2,6-9,12-18H2,1,3-5H3/b21-10+,22-11-/t19-,23-,24-,25+,26+,29-/m1/s1. The van der Waals surface area contributed by atoms with Crippen molar-refractivity contribution in [2.24, 2.45) is 23.2 Å². The molecule has 0 bridgehead atoms. The average Bonchev–Trinajstić information content (AvgIpc) is 3.11. The molecule has 3 aliphatic carbocycles. The summed E-state index contributed by atoms with van der Waals surface area (Å²) < 4.78 is 5.50. The Hall–Kier alpha value is -0.910. The van der Waals surface area contributed by atoms with Crippen LogP contribution in [0.15, 0.2) is 35.5 Å². The van der Waals surface area contributed by atoms with E-state index >= 15 is 0 Å². The van der Waals surface area contributed by atoms with Crippen molar-refractivity contribution in [1.29, 1.82) is 0 Å². The van der Waals surface area contributed by atoms with Gasteiger partial charge in [0.2, 0.25) is 0 Å². The van der Waals surface area contributed by atoms with Crippen molar-refractivity contribution in [3.63, 3.8) is 0 Å². The molecule has 0 saturated heterocycles. The third-order valence-electron chi connectivity index (χ3n) is 8.80. The van der Waals surface area contributed by atoms with Crippen molar-refractivity contribution in [3.05, 3.63) is 35.5 Å². The van der Waals surface area contributed by atoms with Gasteiger partial charge in [-0.1, -0.05) is 66.9 Å². The summed E-state index contributed by atoms with van der Waals surface area (Å²) in [6.45, 7) is 13.0. The summed E-state index contributed by atoms with van der Waals surface area (Å²) in [5, 5.41) is 20.6. The molecule has 3 saturated carbocycles. The molecule has 0 unspecified atom stereocenters. The maximum absolute atomic E-state index is 11.8. The van der Waals surface area contributed by atoms with Crippen molar-refractivity contribution in [2.45, 2.75) is 110 Å². The molecule has 192 valence electrons. The number of carbonyl (C=O) groups excluding carboxylic acids is 1. The Morgan fingerprint density at radius 1 is 1.35 bits per heavy atom. The number of hydrogen-bond acceptors (Lipinski definition) is 4. The fourth-order valence-corrected chi connectivity index (χ4v) is 7.16. The van der Waals surface area contributed by atoms with E-state index in [9.17, 15) is 15.0 Å². The van der Waals surface area contributed by atoms with E-state index in [1.807, 2.05) is 13.8 Å². The molecule has 34 heavy (non-hydrogen) atoms. The van der Waals surface area contributed by atoms with Crippen LogP contribution in [-0.4, -0.2) is 39.3 Å². The monoisotopic (exact) mass is 536 g/mol. The molecule has 0 aliphatic heterocycles. The van der Waals surface area contributed by atoms with E-state index < -0.39 is 17.8 Å². The normalized spacial score (nSPS) is 35.4. The number of carbonyl (C=O) groups is 1. The first-order valence-electron chi connectivity index (χ1n) is 13.2. The lowest BCUT2D eigenvalue weighted by atomic mass is 9.60. The minimum absolute atomic E-state index is 0.146. The number of esters is 1. The van der Waals surface area contributed by atoms with Gasteiger partial charge in [0.15, 0.2) is 0 Å². The maximum Gasteiger partial charge on any atom is 0.317 e. The Kier molecular flexibility index (Phi) is 9.30. The molecule has 0 radical (unpaired) electrons. The second-order valence-corrected chi connectivity index (χ2v) is 12.5. The van der Waals surface area contributed by atoms with E-state index in [4.69, 9.17) is 4.74 Å². The molecule has 5 heteroatoms. The number of aliphatic hydroxyl groups is 2. The van der Waals surface area contributed by atoms with Gasteiger partial charge >= 0.3 is 5.97 Å². The molecular weight excluding hydrogens is 492 g/mol. The van der Waals surface area contributed by atoms with Crippen LogP contribution in [0.2, 0.25) is 0 Å². The van der Waals surface area contributed by atoms with Crippen LogP contribution in [0.1, 0.15) is 91.9 Å². The highest BCUT2D eigenvalue weighted by Gasteiger charge is 2.50. The molecule has 0 amide bonds. The molecule has 6 atom stereocenters. The smallest absolute Gasteiger partial charge is 0.317 e. The quantitative estimate of drug-likeness (QED) is 0.269. The largest absolute Gasteiger partial charge is 0.457 e. The third kappa shape index (κ3) is 6.64. The molecule has 0 aromatic carbocycles. The Morgan fingerprint density at radius 3 is 2.76 bits per heavy atom. The zero-order chi connectivity index (χ0) is 25.1. The van der Waals surface area contributed by atoms with E-state index in [0.29, 0.717) is 30.1 Å². The number of rotatable bonds is 8. The van der Waals surface area contributed by atoms with Crippen molar-refractivity contribution < 1.29 is 19.7 Å². The fourth-order valence-electron chi connectivity index (χ4n) is 7.03. The number of alkyl halides is 1. The molecule has 3 rings (SSSR count). The summed E-state index contributed by atoms with van der Waals surface area (Å²) >= 11 is 3.14. The number of ether oxygens (including phenoxy) is 1. The lowest BCUT2D eigenvalue weighted by Gasteiger charge is -2.44. The molecular formula is C29H45BrO4. The maximum atomic E-state index is 11.8. The first-order chi connectivity index (χ1) is 15.9. The highest BCUT2D eigenvalue weighted by molar-refractivity contribution is 9.09. The van der Waals surface area contributed by atoms with Gasteiger partial charge in [-0.3, -0.25) is 4.79 Å². The molecule has 0 spiro atoms. The van der Waals surface area contributed by atoms with Crippen LogP contribution in [0, 0.1) is 23.2 Å². The van der Waals surface area contributed by atoms with E-state index in [1.54, 1.807) is 0 Å². The number of aliphatic hydroxyl groups excluding tert-OH is 1. The highest BCUT2D eigenvalue weighted by atomic mass is 79.9. The Labute approximate surface area is 215 Å². The minimum atomic E-state index is -0.571. The summed E-state index contributed by atoms with van der Waals surface area (Å²) in [5.41, 5.74) is 3.13. The van der Waals surface area contributed by atoms with Gasteiger partial charge in [-0.05, 0) is 93.1 Å². The van der Waals surface area contributed by atoms with Gasteiger partial charge in [-0.25, -0.2) is 0 Å². The van der Waals surface area contributed by atoms with Crippen molar-refractivity contribution in [2.75, 3.05) is 5.33 Å². The van der Waals surface area contributed by atoms with Gasteiger partial charge in [0.1, 0.15) is 11.4 Å². The zero-order valence-electron chi connectivity index (χ0n) is 21.6. The van der Waals surface area contributed by atoms with E-state index in [0.717, 1.165) is 36.3 Å². The van der Waals surface area contributed by atoms with E-state index in [1.165, 1.54) is 37.7 Å².